The minimum absolute atomic E-state index is 0.877. The lowest BCUT2D eigenvalue weighted by Gasteiger charge is -1.83. The highest BCUT2D eigenvalue weighted by Crippen LogP contribution is 1.70. The van der Waals surface area contributed by atoms with Crippen molar-refractivity contribution in [2.45, 2.75) is 0 Å². The second kappa shape index (κ2) is 2.67. The van der Waals surface area contributed by atoms with Gasteiger partial charge in [-0.2, -0.15) is 0 Å². The molecule has 4 heteroatoms. The molecule has 0 heterocycles. The van der Waals surface area contributed by atoms with Crippen LogP contribution in [0.1, 0.15) is 0 Å². The van der Waals surface area contributed by atoms with Crippen molar-refractivity contribution >= 4 is 21.1 Å². The van der Waals surface area contributed by atoms with Crippen LogP contribution in [0, 0.1) is 0 Å². The molecule has 0 aromatic heterocycles. The smallest absolute Gasteiger partial charge is 0.125 e. The Hall–Kier alpha value is -0.570. The Morgan fingerprint density at radius 1 is 1.75 bits per heavy atom. The molecule has 0 rings (SSSR count). The van der Waals surface area contributed by atoms with E-state index >= 15 is 0 Å². The minimum Gasteiger partial charge on any atom is -0.314 e. The molecule has 0 aliphatic heterocycles. The van der Waals surface area contributed by atoms with Gasteiger partial charge in [0, 0.05) is 17.7 Å². The lowest BCUT2D eigenvalue weighted by molar-refractivity contribution is 0.565. The van der Waals surface area contributed by atoms with Gasteiger partial charge in [-0.15, -0.1) is 0 Å². The fourth-order valence-corrected chi connectivity index (χ4v) is 0.462. The molecule has 0 radical (unpaired) electrons. The summed E-state index contributed by atoms with van der Waals surface area (Å²) in [6.07, 6.45) is 1.99. The van der Waals surface area contributed by atoms with Gasteiger partial charge in [0.25, 0.3) is 0 Å². The van der Waals surface area contributed by atoms with Crippen LogP contribution in [-0.4, -0.2) is 26.3 Å². The van der Waals surface area contributed by atoms with Gasteiger partial charge in [0.1, 0.15) is 5.94 Å². The third-order valence-electron chi connectivity index (χ3n) is 0.389. The van der Waals surface area contributed by atoms with Crippen LogP contribution in [0.25, 0.3) is 0 Å². The Balaban J connectivity index is 4.43. The standard InChI is InChI=1S/C4H6O3S/c1-8(6,7)4-2-3-5/h2,4H,1H3,(H,6,7). The number of allylic oxidation sites excluding steroid dienone is 1. The maximum atomic E-state index is 10.2. The summed E-state index contributed by atoms with van der Waals surface area (Å²) in [5.41, 5.74) is 0. The molecule has 0 amide bonds. The molecule has 0 aliphatic rings. The van der Waals surface area contributed by atoms with E-state index in [0.717, 1.165) is 17.7 Å². The molecule has 0 saturated carbocycles. The van der Waals surface area contributed by atoms with E-state index in [9.17, 15) is 9.00 Å². The summed E-state index contributed by atoms with van der Waals surface area (Å²) in [7, 11) is -2.88. The average Bonchev–Trinajstić information content (AvgIpc) is 1.59. The molecule has 1 unspecified atom stereocenters. The Labute approximate surface area is 47.9 Å². The van der Waals surface area contributed by atoms with Gasteiger partial charge in [-0.25, -0.2) is 9.00 Å². The molecule has 0 aromatic rings. The van der Waals surface area contributed by atoms with Gasteiger partial charge < -0.3 is 4.55 Å². The van der Waals surface area contributed by atoms with Crippen LogP contribution in [0.5, 0.6) is 0 Å². The highest BCUT2D eigenvalue weighted by Gasteiger charge is 1.82. The van der Waals surface area contributed by atoms with Gasteiger partial charge >= 0.3 is 0 Å². The fraction of sp³-hybridized carbons (Fsp3) is 0.250. The van der Waals surface area contributed by atoms with Gasteiger partial charge in [0.2, 0.25) is 0 Å². The number of hydrogen-bond acceptors (Lipinski definition) is 2. The number of carbonyl (C=O) groups excluding carboxylic acids is 1. The average molecular weight is 134 g/mol. The first-order valence-corrected chi connectivity index (χ1v) is 3.81. The molecular formula is C4H6O3S. The van der Waals surface area contributed by atoms with Gasteiger partial charge in [0.15, 0.2) is 0 Å². The van der Waals surface area contributed by atoms with E-state index in [1.807, 2.05) is 0 Å². The second-order valence-corrected chi connectivity index (χ2v) is 3.28. The molecule has 0 bridgehead atoms. The van der Waals surface area contributed by atoms with E-state index in [1.54, 1.807) is 0 Å². The van der Waals surface area contributed by atoms with Crippen molar-refractivity contribution in [1.29, 1.82) is 0 Å². The molecule has 8 heavy (non-hydrogen) atoms. The van der Waals surface area contributed by atoms with Crippen LogP contribution in [0.4, 0.5) is 0 Å². The van der Waals surface area contributed by atoms with Crippen LogP contribution in [0.15, 0.2) is 6.08 Å². The molecule has 0 aromatic carbocycles. The first-order chi connectivity index (χ1) is 3.56. The van der Waals surface area contributed by atoms with Crippen molar-refractivity contribution in [3.8, 4) is 0 Å². The molecule has 1 N–H and O–H groups in total. The Kier molecular flexibility index (Phi) is 2.48. The van der Waals surface area contributed by atoms with Crippen molar-refractivity contribution in [2.24, 2.45) is 0 Å². The molecule has 0 aliphatic carbocycles. The summed E-state index contributed by atoms with van der Waals surface area (Å²) < 4.78 is 18.6. The molecular weight excluding hydrogens is 128 g/mol. The Morgan fingerprint density at radius 2 is 2.25 bits per heavy atom. The van der Waals surface area contributed by atoms with Crippen LogP contribution in [0.2, 0.25) is 0 Å². The summed E-state index contributed by atoms with van der Waals surface area (Å²) in [4.78, 5) is 9.40. The minimum atomic E-state index is -2.88. The lowest BCUT2D eigenvalue weighted by atomic mass is 10.8. The summed E-state index contributed by atoms with van der Waals surface area (Å²) >= 11 is 0. The SMILES string of the molecule is CS(=O)(O)=CC=C=O. The van der Waals surface area contributed by atoms with E-state index in [2.05, 4.69) is 0 Å². The van der Waals surface area contributed by atoms with E-state index in [-0.39, 0.29) is 0 Å². The first-order valence-electron chi connectivity index (χ1n) is 1.82. The molecule has 0 saturated heterocycles. The van der Waals surface area contributed by atoms with E-state index < -0.39 is 9.80 Å². The van der Waals surface area contributed by atoms with Gasteiger partial charge in [0.05, 0.1) is 9.80 Å². The second-order valence-electron chi connectivity index (χ2n) is 1.28. The van der Waals surface area contributed by atoms with Crippen molar-refractivity contribution in [2.75, 3.05) is 6.26 Å². The highest BCUT2D eigenvalue weighted by atomic mass is 32.2. The zero-order valence-corrected chi connectivity index (χ0v) is 5.14. The summed E-state index contributed by atoms with van der Waals surface area (Å²) in [6.45, 7) is 0. The van der Waals surface area contributed by atoms with E-state index in [4.69, 9.17) is 4.55 Å². The lowest BCUT2D eigenvalue weighted by Crippen LogP contribution is -1.94. The zero-order chi connectivity index (χ0) is 6.62. The van der Waals surface area contributed by atoms with Gasteiger partial charge in [-0.3, -0.25) is 0 Å². The molecule has 0 spiro atoms. The van der Waals surface area contributed by atoms with Crippen molar-refractivity contribution in [3.05, 3.63) is 6.08 Å². The summed E-state index contributed by atoms with van der Waals surface area (Å²) in [5.74, 6) is 1.35. The topological polar surface area (TPSA) is 54.4 Å². The van der Waals surface area contributed by atoms with Crippen LogP contribution >= 0.6 is 0 Å². The van der Waals surface area contributed by atoms with Crippen LogP contribution in [-0.2, 0) is 14.6 Å². The zero-order valence-electron chi connectivity index (χ0n) is 4.33. The van der Waals surface area contributed by atoms with E-state index in [1.165, 1.54) is 5.94 Å². The third-order valence-corrected chi connectivity index (χ3v) is 1.03. The first kappa shape index (κ1) is 7.43. The molecule has 1 atom stereocenters. The van der Waals surface area contributed by atoms with Crippen molar-refractivity contribution in [3.63, 3.8) is 0 Å². The van der Waals surface area contributed by atoms with Gasteiger partial charge in [-0.1, -0.05) is 0 Å². The monoisotopic (exact) mass is 134 g/mol. The molecule has 46 valence electrons. The maximum Gasteiger partial charge on any atom is 0.125 e. The normalized spacial score (nSPS) is 15.8. The maximum absolute atomic E-state index is 10.2. The van der Waals surface area contributed by atoms with Crippen molar-refractivity contribution < 1.29 is 13.6 Å². The quantitative estimate of drug-likeness (QED) is 0.300. The Morgan fingerprint density at radius 3 is 2.38 bits per heavy atom. The van der Waals surface area contributed by atoms with Crippen molar-refractivity contribution in [1.82, 2.24) is 0 Å². The number of hydrogen-bond donors (Lipinski definition) is 1. The largest absolute Gasteiger partial charge is 0.314 e. The van der Waals surface area contributed by atoms with Gasteiger partial charge in [-0.05, 0) is 0 Å². The predicted molar refractivity (Wildman–Crippen MR) is 33.0 cm³/mol. The van der Waals surface area contributed by atoms with E-state index in [0.29, 0.717) is 0 Å². The van der Waals surface area contributed by atoms with Crippen LogP contribution < -0.4 is 0 Å². The third kappa shape index (κ3) is 5.43. The molecule has 0 fully saturated rings. The molecule has 3 nitrogen and oxygen atoms in total. The number of rotatable bonds is 1. The Bertz CT molecular complexity index is 207. The highest BCUT2D eigenvalue weighted by molar-refractivity contribution is 7.95. The predicted octanol–water partition coefficient (Wildman–Crippen LogP) is -0.436. The van der Waals surface area contributed by atoms with Crippen LogP contribution in [0.3, 0.4) is 0 Å². The fourth-order valence-electron chi connectivity index (χ4n) is 0.154. The summed E-state index contributed by atoms with van der Waals surface area (Å²) in [6, 6.07) is 0. The summed E-state index contributed by atoms with van der Waals surface area (Å²) in [5, 5.41) is 0.903.